The van der Waals surface area contributed by atoms with Crippen molar-refractivity contribution < 1.29 is 5.11 Å². The van der Waals surface area contributed by atoms with Crippen molar-refractivity contribution in [2.75, 3.05) is 0 Å². The van der Waals surface area contributed by atoms with Gasteiger partial charge in [-0.2, -0.15) is 5.26 Å². The number of rotatable bonds is 2. The van der Waals surface area contributed by atoms with Crippen molar-refractivity contribution >= 4 is 24.0 Å². The van der Waals surface area contributed by atoms with Crippen LogP contribution in [0, 0.1) is 18.3 Å². The van der Waals surface area contributed by atoms with Gasteiger partial charge in [0, 0.05) is 26.7 Å². The van der Waals surface area contributed by atoms with Gasteiger partial charge in [-0.05, 0) is 32.1 Å². The van der Waals surface area contributed by atoms with Crippen LogP contribution in [-0.2, 0) is 6.54 Å². The molecule has 0 saturated carbocycles. The quantitative estimate of drug-likeness (QED) is 0.897. The molecule has 20 heavy (non-hydrogen) atoms. The van der Waals surface area contributed by atoms with E-state index in [9.17, 15) is 9.90 Å². The number of thiophene rings is 1. The van der Waals surface area contributed by atoms with Gasteiger partial charge in [-0.25, -0.2) is 0 Å². The summed E-state index contributed by atoms with van der Waals surface area (Å²) in [6.07, 6.45) is 1.72. The Labute approximate surface area is 120 Å². The first-order valence-electron chi connectivity index (χ1n) is 6.12. The van der Waals surface area contributed by atoms with E-state index >= 15 is 0 Å². The Morgan fingerprint density at radius 3 is 2.75 bits per heavy atom. The van der Waals surface area contributed by atoms with Crippen LogP contribution >= 0.6 is 11.3 Å². The van der Waals surface area contributed by atoms with Crippen LogP contribution in [0.5, 0.6) is 5.88 Å². The van der Waals surface area contributed by atoms with Gasteiger partial charge in [-0.15, -0.1) is 11.3 Å². The molecule has 2 aromatic rings. The smallest absolute Gasteiger partial charge is 0.261 e. The molecule has 2 heterocycles. The predicted octanol–water partition coefficient (Wildman–Crippen LogP) is 1.05. The van der Waals surface area contributed by atoms with E-state index in [0.717, 1.165) is 9.75 Å². The molecule has 0 aliphatic heterocycles. The summed E-state index contributed by atoms with van der Waals surface area (Å²) < 4.78 is 1.18. The Kier molecular flexibility index (Phi) is 3.77. The van der Waals surface area contributed by atoms with Gasteiger partial charge in [-0.1, -0.05) is 6.58 Å². The predicted molar refractivity (Wildman–Crippen MR) is 80.2 cm³/mol. The van der Waals surface area contributed by atoms with Crippen LogP contribution in [0.2, 0.25) is 0 Å². The molecule has 0 aliphatic rings. The minimum absolute atomic E-state index is 0.0472. The van der Waals surface area contributed by atoms with Crippen LogP contribution in [0.3, 0.4) is 0 Å². The van der Waals surface area contributed by atoms with Gasteiger partial charge in [0.2, 0.25) is 5.88 Å². The van der Waals surface area contributed by atoms with Crippen LogP contribution in [0.1, 0.15) is 22.2 Å². The fraction of sp³-hybridized carbons (Fsp3) is 0.200. The van der Waals surface area contributed by atoms with Crippen LogP contribution < -0.4 is 16.0 Å². The summed E-state index contributed by atoms with van der Waals surface area (Å²) in [4.78, 5) is 14.4. The number of aromatic hydroxyl groups is 1. The Bertz CT molecular complexity index is 869. The normalized spacial score (nSPS) is 11.6. The van der Waals surface area contributed by atoms with Gasteiger partial charge in [0.15, 0.2) is 0 Å². The summed E-state index contributed by atoms with van der Waals surface area (Å²) in [6.45, 7) is 7.79. The first-order chi connectivity index (χ1) is 9.49. The highest BCUT2D eigenvalue weighted by atomic mass is 32.1. The standard InChI is InChI=1S/C15H14N2O2S/c1-4-17-14(18)12(7-11-6-5-9(2)20-11)10(3)13(8-16)15(17)19/h5-7,19H,3-4H2,1-2H3/b12-7-. The second kappa shape index (κ2) is 5.35. The Balaban J connectivity index is 2.91. The summed E-state index contributed by atoms with van der Waals surface area (Å²) in [5.41, 5.74) is -0.286. The van der Waals surface area contributed by atoms with E-state index in [1.807, 2.05) is 25.1 Å². The van der Waals surface area contributed by atoms with Crippen molar-refractivity contribution in [3.05, 3.63) is 48.2 Å². The summed E-state index contributed by atoms with van der Waals surface area (Å²) in [5.74, 6) is -0.315. The van der Waals surface area contributed by atoms with E-state index in [1.165, 1.54) is 4.57 Å². The van der Waals surface area contributed by atoms with Crippen LogP contribution in [0.4, 0.5) is 0 Å². The van der Waals surface area contributed by atoms with Crippen molar-refractivity contribution in [2.24, 2.45) is 0 Å². The highest BCUT2D eigenvalue weighted by molar-refractivity contribution is 7.12. The topological polar surface area (TPSA) is 66.0 Å². The van der Waals surface area contributed by atoms with Crippen molar-refractivity contribution in [2.45, 2.75) is 20.4 Å². The third kappa shape index (κ3) is 2.26. The first kappa shape index (κ1) is 14.1. The van der Waals surface area contributed by atoms with Gasteiger partial charge < -0.3 is 5.11 Å². The van der Waals surface area contributed by atoms with E-state index in [1.54, 1.807) is 24.3 Å². The molecule has 0 bridgehead atoms. The van der Waals surface area contributed by atoms with Crippen molar-refractivity contribution in [1.29, 1.82) is 5.26 Å². The van der Waals surface area contributed by atoms with E-state index in [2.05, 4.69) is 6.58 Å². The van der Waals surface area contributed by atoms with Crippen molar-refractivity contribution in [3.8, 4) is 11.9 Å². The van der Waals surface area contributed by atoms with E-state index in [4.69, 9.17) is 5.26 Å². The number of nitrogens with zero attached hydrogens (tertiary/aromatic N) is 2. The van der Waals surface area contributed by atoms with E-state index in [-0.39, 0.29) is 22.2 Å². The highest BCUT2D eigenvalue weighted by Gasteiger charge is 2.11. The molecule has 2 aromatic heterocycles. The summed E-state index contributed by atoms with van der Waals surface area (Å²) in [5, 5.41) is 19.7. The molecule has 2 rings (SSSR count). The van der Waals surface area contributed by atoms with Gasteiger partial charge >= 0.3 is 0 Å². The van der Waals surface area contributed by atoms with Crippen LogP contribution in [-0.4, -0.2) is 9.67 Å². The summed E-state index contributed by atoms with van der Waals surface area (Å²) in [7, 11) is 0. The number of hydrogen-bond acceptors (Lipinski definition) is 4. The Hall–Kier alpha value is -2.32. The monoisotopic (exact) mass is 286 g/mol. The van der Waals surface area contributed by atoms with Gasteiger partial charge in [-0.3, -0.25) is 9.36 Å². The largest absolute Gasteiger partial charge is 0.493 e. The number of aromatic nitrogens is 1. The Morgan fingerprint density at radius 1 is 1.55 bits per heavy atom. The SMILES string of the molecule is C=c1c(C#N)c(O)n(CC)c(=O)/c1=C\c1ccc(C)s1. The third-order valence-electron chi connectivity index (χ3n) is 3.06. The Morgan fingerprint density at radius 2 is 2.25 bits per heavy atom. The lowest BCUT2D eigenvalue weighted by atomic mass is 10.2. The lowest BCUT2D eigenvalue weighted by Gasteiger charge is -2.07. The molecule has 0 aliphatic carbocycles. The minimum atomic E-state index is -0.333. The maximum atomic E-state index is 12.3. The fourth-order valence-electron chi connectivity index (χ4n) is 2.01. The molecule has 0 radical (unpaired) electrons. The zero-order valence-corrected chi connectivity index (χ0v) is 12.1. The molecule has 102 valence electrons. The van der Waals surface area contributed by atoms with Crippen LogP contribution in [0.25, 0.3) is 12.7 Å². The third-order valence-corrected chi connectivity index (χ3v) is 4.01. The molecule has 0 spiro atoms. The number of nitriles is 1. The molecular weight excluding hydrogens is 272 g/mol. The maximum Gasteiger partial charge on any atom is 0.261 e. The number of pyridine rings is 1. The molecule has 4 nitrogen and oxygen atoms in total. The van der Waals surface area contributed by atoms with Gasteiger partial charge in [0.05, 0.1) is 0 Å². The average Bonchev–Trinajstić information content (AvgIpc) is 2.81. The first-order valence-corrected chi connectivity index (χ1v) is 6.94. The molecule has 5 heteroatoms. The van der Waals surface area contributed by atoms with Crippen LogP contribution in [0.15, 0.2) is 16.9 Å². The molecule has 0 unspecified atom stereocenters. The number of aryl methyl sites for hydroxylation is 1. The van der Waals surface area contributed by atoms with Gasteiger partial charge in [0.1, 0.15) is 11.6 Å². The lowest BCUT2D eigenvalue weighted by molar-refractivity contribution is 0.408. The molecule has 0 atom stereocenters. The lowest BCUT2D eigenvalue weighted by Crippen LogP contribution is -2.45. The second-order valence-electron chi connectivity index (χ2n) is 4.34. The van der Waals surface area contributed by atoms with E-state index < -0.39 is 0 Å². The highest BCUT2D eigenvalue weighted by Crippen LogP contribution is 2.15. The summed E-state index contributed by atoms with van der Waals surface area (Å²) >= 11 is 1.55. The second-order valence-corrected chi connectivity index (χ2v) is 5.66. The molecule has 1 N–H and O–H groups in total. The molecule has 0 amide bonds. The fourth-order valence-corrected chi connectivity index (χ4v) is 2.83. The van der Waals surface area contributed by atoms with E-state index in [0.29, 0.717) is 11.8 Å². The van der Waals surface area contributed by atoms with Crippen molar-refractivity contribution in [3.63, 3.8) is 0 Å². The zero-order chi connectivity index (χ0) is 14.9. The molecule has 0 aromatic carbocycles. The maximum absolute atomic E-state index is 12.3. The molecule has 0 fully saturated rings. The van der Waals surface area contributed by atoms with Gasteiger partial charge in [0.25, 0.3) is 5.56 Å². The van der Waals surface area contributed by atoms with Crippen molar-refractivity contribution in [1.82, 2.24) is 4.57 Å². The zero-order valence-electron chi connectivity index (χ0n) is 11.3. The molecule has 0 saturated heterocycles. The minimum Gasteiger partial charge on any atom is -0.493 e. The summed E-state index contributed by atoms with van der Waals surface area (Å²) in [6, 6.07) is 5.78. The number of hydrogen-bond donors (Lipinski definition) is 1. The molecular formula is C15H14N2O2S. The average molecular weight is 286 g/mol.